The highest BCUT2D eigenvalue weighted by Gasteiger charge is 2.26. The predicted molar refractivity (Wildman–Crippen MR) is 77.1 cm³/mol. The zero-order valence-corrected chi connectivity index (χ0v) is 11.9. The lowest BCUT2D eigenvalue weighted by molar-refractivity contribution is 0.395. The number of phenolic OH excluding ortho intramolecular Hbond substituents is 1. The highest BCUT2D eigenvalue weighted by atomic mass is 32.1. The molecule has 0 spiro atoms. The molecule has 2 heterocycles. The Bertz CT molecular complexity index is 788. The maximum absolute atomic E-state index is 10.0. The Hall–Kier alpha value is -1.95. The topological polar surface area (TPSA) is 63.3 Å². The Morgan fingerprint density at radius 2 is 2.15 bits per heavy atom. The van der Waals surface area contributed by atoms with Crippen molar-refractivity contribution >= 4 is 16.3 Å². The second kappa shape index (κ2) is 4.28. The van der Waals surface area contributed by atoms with Gasteiger partial charge in [-0.15, -0.1) is 10.2 Å². The van der Waals surface area contributed by atoms with Crippen LogP contribution >= 0.6 is 11.3 Å². The van der Waals surface area contributed by atoms with E-state index in [1.165, 1.54) is 30.6 Å². The molecule has 0 unspecified atom stereocenters. The lowest BCUT2D eigenvalue weighted by Gasteiger charge is -2.22. The molecule has 1 fully saturated rings. The third kappa shape index (κ3) is 1.71. The SMILES string of the molecule is Cc1ccc(O)c(-c2nn3c(C4CCC4)nnc3s2)c1. The molecule has 20 heavy (non-hydrogen) atoms. The highest BCUT2D eigenvalue weighted by molar-refractivity contribution is 7.19. The van der Waals surface area contributed by atoms with Crippen LogP contribution < -0.4 is 0 Å². The molecule has 6 heteroatoms. The van der Waals surface area contributed by atoms with Crippen LogP contribution in [0.1, 0.15) is 36.6 Å². The fraction of sp³-hybridized carbons (Fsp3) is 0.357. The van der Waals surface area contributed by atoms with Crippen molar-refractivity contribution in [3.63, 3.8) is 0 Å². The molecule has 1 aliphatic rings. The largest absolute Gasteiger partial charge is 0.507 e. The first-order valence-electron chi connectivity index (χ1n) is 6.74. The molecule has 0 saturated heterocycles. The van der Waals surface area contributed by atoms with E-state index >= 15 is 0 Å². The Labute approximate surface area is 119 Å². The van der Waals surface area contributed by atoms with Crippen molar-refractivity contribution in [2.45, 2.75) is 32.1 Å². The minimum absolute atomic E-state index is 0.255. The summed E-state index contributed by atoms with van der Waals surface area (Å²) in [5.74, 6) is 1.71. The van der Waals surface area contributed by atoms with Crippen LogP contribution in [-0.2, 0) is 0 Å². The summed E-state index contributed by atoms with van der Waals surface area (Å²) in [6.45, 7) is 2.00. The van der Waals surface area contributed by atoms with Crippen molar-refractivity contribution in [1.82, 2.24) is 19.8 Å². The van der Waals surface area contributed by atoms with Gasteiger partial charge in [0, 0.05) is 5.92 Å². The van der Waals surface area contributed by atoms with E-state index in [0.29, 0.717) is 5.92 Å². The third-order valence-corrected chi connectivity index (χ3v) is 4.80. The minimum Gasteiger partial charge on any atom is -0.507 e. The second-order valence-electron chi connectivity index (χ2n) is 5.31. The Balaban J connectivity index is 1.84. The molecule has 1 aromatic carbocycles. The molecule has 0 aliphatic heterocycles. The van der Waals surface area contributed by atoms with Crippen LogP contribution in [0, 0.1) is 6.92 Å². The molecule has 2 aromatic heterocycles. The number of benzene rings is 1. The van der Waals surface area contributed by atoms with Crippen LogP contribution in [0.2, 0.25) is 0 Å². The second-order valence-corrected chi connectivity index (χ2v) is 6.26. The number of phenols is 1. The first kappa shape index (κ1) is 11.8. The van der Waals surface area contributed by atoms with Crippen molar-refractivity contribution in [2.75, 3.05) is 0 Å². The Morgan fingerprint density at radius 3 is 2.90 bits per heavy atom. The molecule has 3 aromatic rings. The molecular formula is C14H14N4OS. The maximum Gasteiger partial charge on any atom is 0.234 e. The number of rotatable bonds is 2. The van der Waals surface area contributed by atoms with Crippen LogP contribution in [0.5, 0.6) is 5.75 Å². The van der Waals surface area contributed by atoms with Crippen molar-refractivity contribution in [3.05, 3.63) is 29.6 Å². The van der Waals surface area contributed by atoms with Crippen molar-refractivity contribution in [2.24, 2.45) is 0 Å². The summed E-state index contributed by atoms with van der Waals surface area (Å²) < 4.78 is 1.84. The van der Waals surface area contributed by atoms with Gasteiger partial charge >= 0.3 is 0 Å². The summed E-state index contributed by atoms with van der Waals surface area (Å²) in [5.41, 5.74) is 1.86. The van der Waals surface area contributed by atoms with E-state index in [9.17, 15) is 5.11 Å². The summed E-state index contributed by atoms with van der Waals surface area (Å²) in [7, 11) is 0. The normalized spacial score (nSPS) is 15.7. The monoisotopic (exact) mass is 286 g/mol. The van der Waals surface area contributed by atoms with E-state index < -0.39 is 0 Å². The molecule has 5 nitrogen and oxygen atoms in total. The zero-order valence-electron chi connectivity index (χ0n) is 11.1. The summed E-state index contributed by atoms with van der Waals surface area (Å²) in [4.78, 5) is 0.794. The molecule has 0 amide bonds. The fourth-order valence-corrected chi connectivity index (χ4v) is 3.35. The van der Waals surface area contributed by atoms with E-state index in [-0.39, 0.29) is 5.75 Å². The van der Waals surface area contributed by atoms with Gasteiger partial charge in [0.05, 0.1) is 5.56 Å². The fourth-order valence-electron chi connectivity index (χ4n) is 2.48. The highest BCUT2D eigenvalue weighted by Crippen LogP contribution is 2.38. The lowest BCUT2D eigenvalue weighted by Crippen LogP contribution is -2.12. The zero-order chi connectivity index (χ0) is 13.7. The third-order valence-electron chi connectivity index (χ3n) is 3.87. The molecule has 1 aliphatic carbocycles. The van der Waals surface area contributed by atoms with Gasteiger partial charge in [0.1, 0.15) is 5.75 Å². The van der Waals surface area contributed by atoms with E-state index in [2.05, 4.69) is 15.3 Å². The summed E-state index contributed by atoms with van der Waals surface area (Å²) >= 11 is 1.46. The molecular weight excluding hydrogens is 272 g/mol. The van der Waals surface area contributed by atoms with Gasteiger partial charge in [-0.1, -0.05) is 29.4 Å². The standard InChI is InChI=1S/C14H14N4OS/c1-8-5-6-11(19)10(7-8)13-17-18-12(9-3-2-4-9)15-16-14(18)20-13/h5-7,9,19H,2-4H2,1H3. The van der Waals surface area contributed by atoms with Crippen molar-refractivity contribution in [3.8, 4) is 16.3 Å². The van der Waals surface area contributed by atoms with Gasteiger partial charge in [-0.25, -0.2) is 0 Å². The molecule has 0 atom stereocenters. The van der Waals surface area contributed by atoms with Gasteiger partial charge in [0.25, 0.3) is 0 Å². The molecule has 1 saturated carbocycles. The van der Waals surface area contributed by atoms with Crippen LogP contribution in [0.3, 0.4) is 0 Å². The number of aryl methyl sites for hydroxylation is 1. The smallest absolute Gasteiger partial charge is 0.234 e. The first-order valence-corrected chi connectivity index (χ1v) is 7.56. The molecule has 4 rings (SSSR count). The van der Waals surface area contributed by atoms with Crippen molar-refractivity contribution in [1.29, 1.82) is 0 Å². The van der Waals surface area contributed by atoms with Gasteiger partial charge in [0.15, 0.2) is 10.8 Å². The van der Waals surface area contributed by atoms with Gasteiger partial charge < -0.3 is 5.11 Å². The van der Waals surface area contributed by atoms with Gasteiger partial charge in [-0.2, -0.15) is 9.61 Å². The minimum atomic E-state index is 0.255. The summed E-state index contributed by atoms with van der Waals surface area (Å²) in [5, 5.41) is 23.9. The van der Waals surface area contributed by atoms with Gasteiger partial charge in [0.2, 0.25) is 4.96 Å². The number of hydrogen-bond donors (Lipinski definition) is 1. The first-order chi connectivity index (χ1) is 9.72. The van der Waals surface area contributed by atoms with E-state index in [4.69, 9.17) is 0 Å². The van der Waals surface area contributed by atoms with Crippen LogP contribution in [0.15, 0.2) is 18.2 Å². The summed E-state index contributed by atoms with van der Waals surface area (Å²) in [6, 6.07) is 5.54. The predicted octanol–water partition coefficient (Wildman–Crippen LogP) is 3.13. The van der Waals surface area contributed by atoms with Crippen LogP contribution in [0.4, 0.5) is 0 Å². The number of fused-ring (bicyclic) bond motifs is 1. The number of aromatic nitrogens is 4. The molecule has 0 bridgehead atoms. The van der Waals surface area contributed by atoms with E-state index in [1.54, 1.807) is 6.07 Å². The summed E-state index contributed by atoms with van der Waals surface area (Å²) in [6.07, 6.45) is 3.60. The molecule has 0 radical (unpaired) electrons. The van der Waals surface area contributed by atoms with Crippen molar-refractivity contribution < 1.29 is 5.11 Å². The molecule has 102 valence electrons. The van der Waals surface area contributed by atoms with Crippen LogP contribution in [0.25, 0.3) is 15.5 Å². The number of nitrogens with zero attached hydrogens (tertiary/aromatic N) is 4. The average Bonchev–Trinajstić information content (AvgIpc) is 2.92. The number of aromatic hydroxyl groups is 1. The Morgan fingerprint density at radius 1 is 1.30 bits per heavy atom. The van der Waals surface area contributed by atoms with E-state index in [1.807, 2.05) is 23.6 Å². The Kier molecular flexibility index (Phi) is 2.53. The lowest BCUT2D eigenvalue weighted by atomic mass is 9.85. The molecule has 1 N–H and O–H groups in total. The maximum atomic E-state index is 10.0. The number of hydrogen-bond acceptors (Lipinski definition) is 5. The van der Waals surface area contributed by atoms with Gasteiger partial charge in [-0.05, 0) is 31.9 Å². The van der Waals surface area contributed by atoms with Gasteiger partial charge in [-0.3, -0.25) is 0 Å². The van der Waals surface area contributed by atoms with E-state index in [0.717, 1.165) is 26.9 Å². The van der Waals surface area contributed by atoms with Crippen LogP contribution in [-0.4, -0.2) is 24.9 Å². The average molecular weight is 286 g/mol. The quantitative estimate of drug-likeness (QED) is 0.786.